The largest absolute Gasteiger partial charge is 0.419 e. The molecule has 12 heteroatoms. The topological polar surface area (TPSA) is 75.7 Å². The van der Waals surface area contributed by atoms with E-state index >= 15 is 0 Å². The molecule has 0 aromatic heterocycles. The van der Waals surface area contributed by atoms with Crippen molar-refractivity contribution in [1.29, 1.82) is 0 Å². The summed E-state index contributed by atoms with van der Waals surface area (Å²) in [5, 5.41) is 6.14. The zero-order valence-electron chi connectivity index (χ0n) is 28.3. The van der Waals surface area contributed by atoms with Gasteiger partial charge >= 0.3 is 6.18 Å². The van der Waals surface area contributed by atoms with Crippen molar-refractivity contribution in [2.45, 2.75) is 64.6 Å². The number of halogens is 3. The number of ether oxygens (including phenoxy) is 1. The SMILES string of the molecule is C=C(NCC1(CN2CCOCCC2=O)CC1)/C(=C\N=C(C)Nc1ccc(N2CCC(N3CCN(C)CC3)CC2)cc1CC)C(F)(F)F. The number of amidine groups is 1. The molecule has 47 heavy (non-hydrogen) atoms. The Hall–Kier alpha value is -3.09. The van der Waals surface area contributed by atoms with Gasteiger partial charge in [0.15, 0.2) is 0 Å². The van der Waals surface area contributed by atoms with E-state index in [4.69, 9.17) is 4.74 Å². The number of benzene rings is 1. The summed E-state index contributed by atoms with van der Waals surface area (Å²) < 4.78 is 47.7. The lowest BCUT2D eigenvalue weighted by Gasteiger charge is -2.42. The van der Waals surface area contributed by atoms with Gasteiger partial charge in [-0.15, -0.1) is 0 Å². The number of aryl methyl sites for hydroxylation is 1. The van der Waals surface area contributed by atoms with E-state index < -0.39 is 11.7 Å². The van der Waals surface area contributed by atoms with E-state index in [1.807, 2.05) is 6.07 Å². The Morgan fingerprint density at radius 2 is 1.83 bits per heavy atom. The molecule has 9 nitrogen and oxygen atoms in total. The third-order valence-electron chi connectivity index (χ3n) is 10.2. The minimum atomic E-state index is -4.63. The van der Waals surface area contributed by atoms with Crippen LogP contribution in [0.1, 0.15) is 51.5 Å². The van der Waals surface area contributed by atoms with Crippen molar-refractivity contribution in [3.8, 4) is 0 Å². The van der Waals surface area contributed by atoms with E-state index in [-0.39, 0.29) is 17.0 Å². The number of aliphatic imine (C=N–C) groups is 1. The summed E-state index contributed by atoms with van der Waals surface area (Å²) in [5.74, 6) is 0.388. The molecule has 0 radical (unpaired) electrons. The van der Waals surface area contributed by atoms with Gasteiger partial charge in [0.2, 0.25) is 5.91 Å². The third-order valence-corrected chi connectivity index (χ3v) is 10.2. The summed E-state index contributed by atoms with van der Waals surface area (Å²) in [6.45, 7) is 16.3. The van der Waals surface area contributed by atoms with Crippen LogP contribution in [0.4, 0.5) is 24.5 Å². The number of alkyl halides is 3. The first-order valence-electron chi connectivity index (χ1n) is 17.1. The van der Waals surface area contributed by atoms with Crippen LogP contribution in [0.25, 0.3) is 0 Å². The monoisotopic (exact) mass is 659 g/mol. The maximum absolute atomic E-state index is 14.1. The second-order valence-corrected chi connectivity index (χ2v) is 13.6. The van der Waals surface area contributed by atoms with Crippen LogP contribution in [0.15, 0.2) is 47.2 Å². The van der Waals surface area contributed by atoms with Crippen molar-refractivity contribution in [3.05, 3.63) is 47.8 Å². The van der Waals surface area contributed by atoms with Crippen LogP contribution in [0.3, 0.4) is 0 Å². The highest BCUT2D eigenvalue weighted by Gasteiger charge is 2.45. The highest BCUT2D eigenvalue weighted by atomic mass is 19.4. The van der Waals surface area contributed by atoms with E-state index in [1.54, 1.807) is 11.8 Å². The van der Waals surface area contributed by atoms with Gasteiger partial charge in [-0.25, -0.2) is 4.99 Å². The number of allylic oxidation sites excluding steroid dienone is 1. The lowest BCUT2D eigenvalue weighted by molar-refractivity contribution is -0.131. The number of likely N-dealkylation sites (N-methyl/N-ethyl adjacent to an activating group) is 1. The summed E-state index contributed by atoms with van der Waals surface area (Å²) in [7, 11) is 2.19. The van der Waals surface area contributed by atoms with Crippen LogP contribution in [0.2, 0.25) is 0 Å². The van der Waals surface area contributed by atoms with Gasteiger partial charge in [0.25, 0.3) is 0 Å². The molecule has 0 spiro atoms. The number of nitrogens with one attached hydrogen (secondary N) is 2. The van der Waals surface area contributed by atoms with Crippen molar-refractivity contribution < 1.29 is 22.7 Å². The summed E-state index contributed by atoms with van der Waals surface area (Å²) in [6.07, 6.45) is 1.33. The number of nitrogens with zero attached hydrogens (tertiary/aromatic N) is 5. The fraction of sp³-hybridized carbons (Fsp3) is 0.657. The van der Waals surface area contributed by atoms with Crippen LogP contribution < -0.4 is 15.5 Å². The lowest BCUT2D eigenvalue weighted by atomic mass is 10.0. The number of carbonyl (C=O) groups is 1. The minimum absolute atomic E-state index is 0.0306. The van der Waals surface area contributed by atoms with Crippen LogP contribution in [0.5, 0.6) is 0 Å². The second kappa shape index (κ2) is 15.4. The number of hydrogen-bond acceptors (Lipinski definition) is 7. The van der Waals surface area contributed by atoms with Crippen LogP contribution >= 0.6 is 0 Å². The van der Waals surface area contributed by atoms with Crippen molar-refractivity contribution in [2.75, 3.05) is 89.4 Å². The van der Waals surface area contributed by atoms with Gasteiger partial charge in [-0.3, -0.25) is 9.69 Å². The van der Waals surface area contributed by atoms with E-state index in [0.29, 0.717) is 51.1 Å². The molecule has 4 fully saturated rings. The van der Waals surface area contributed by atoms with Gasteiger partial charge in [-0.2, -0.15) is 13.2 Å². The van der Waals surface area contributed by atoms with Crippen LogP contribution in [-0.4, -0.2) is 118 Å². The van der Waals surface area contributed by atoms with Gasteiger partial charge < -0.3 is 30.1 Å². The number of amides is 1. The Morgan fingerprint density at radius 3 is 2.49 bits per heavy atom. The predicted molar refractivity (Wildman–Crippen MR) is 182 cm³/mol. The van der Waals surface area contributed by atoms with E-state index in [9.17, 15) is 18.0 Å². The average Bonchev–Trinajstić information content (AvgIpc) is 3.85. The standard InChI is InChI=1S/C35H52F3N7O2/c1-5-28-22-30(43-13-8-29(9-14-43)44-17-15-42(4)16-18-44)6-7-32(28)41-27(3)39-23-31(35(36,37)38)26(2)40-24-34(11-12-34)25-45-19-21-47-20-10-33(45)46/h6-7,22-23,29,40H,2,5,8-21,24-25H2,1,3-4H3,(H,39,41)/b31-23+. The number of anilines is 2. The molecule has 0 atom stereocenters. The highest BCUT2D eigenvalue weighted by Crippen LogP contribution is 2.46. The number of hydrogen-bond donors (Lipinski definition) is 2. The summed E-state index contributed by atoms with van der Waals surface area (Å²) in [5.41, 5.74) is 1.73. The normalized spacial score (nSPS) is 22.3. The van der Waals surface area contributed by atoms with Gasteiger partial charge in [0.1, 0.15) is 5.84 Å². The molecule has 260 valence electrons. The quantitative estimate of drug-likeness (QED) is 0.200. The Bertz CT molecular complexity index is 1310. The molecular formula is C35H52F3N7O2. The number of piperazine rings is 1. The van der Waals surface area contributed by atoms with Crippen molar-refractivity contribution >= 4 is 23.1 Å². The van der Waals surface area contributed by atoms with Crippen molar-refractivity contribution in [3.63, 3.8) is 0 Å². The third kappa shape index (κ3) is 9.51. The predicted octanol–water partition coefficient (Wildman–Crippen LogP) is 4.87. The average molecular weight is 660 g/mol. The Kier molecular flexibility index (Phi) is 11.6. The van der Waals surface area contributed by atoms with Gasteiger partial charge in [0, 0.05) is 93.6 Å². The molecule has 1 aromatic rings. The van der Waals surface area contributed by atoms with E-state index in [2.05, 4.69) is 63.0 Å². The fourth-order valence-electron chi connectivity index (χ4n) is 6.83. The molecule has 0 bridgehead atoms. The molecule has 4 aliphatic rings. The molecule has 3 saturated heterocycles. The van der Waals surface area contributed by atoms with Crippen molar-refractivity contribution in [2.24, 2.45) is 10.4 Å². The first-order valence-corrected chi connectivity index (χ1v) is 17.1. The molecule has 1 aliphatic carbocycles. The van der Waals surface area contributed by atoms with E-state index in [0.717, 1.165) is 88.8 Å². The van der Waals surface area contributed by atoms with Crippen LogP contribution in [0, 0.1) is 5.41 Å². The molecule has 1 amide bonds. The van der Waals surface area contributed by atoms with Gasteiger partial charge in [-0.1, -0.05) is 13.5 Å². The Morgan fingerprint density at radius 1 is 1.11 bits per heavy atom. The zero-order chi connectivity index (χ0) is 33.6. The molecule has 0 unspecified atom stereocenters. The molecule has 1 aromatic carbocycles. The summed E-state index contributed by atoms with van der Waals surface area (Å²) in [4.78, 5) is 25.8. The first-order chi connectivity index (χ1) is 22.5. The number of carbonyl (C=O) groups excluding carboxylic acids is 1. The second-order valence-electron chi connectivity index (χ2n) is 13.6. The van der Waals surface area contributed by atoms with Gasteiger partial charge in [-0.05, 0) is 69.8 Å². The van der Waals surface area contributed by atoms with E-state index in [1.165, 1.54) is 5.69 Å². The number of piperidine rings is 1. The molecule has 2 N–H and O–H groups in total. The minimum Gasteiger partial charge on any atom is -0.384 e. The Balaban J connectivity index is 1.17. The molecule has 1 saturated carbocycles. The number of rotatable bonds is 11. The van der Waals surface area contributed by atoms with Crippen molar-refractivity contribution in [1.82, 2.24) is 20.0 Å². The Labute approximate surface area is 277 Å². The van der Waals surface area contributed by atoms with Gasteiger partial charge in [0.05, 0.1) is 25.2 Å². The summed E-state index contributed by atoms with van der Waals surface area (Å²) >= 11 is 0. The first kappa shape index (κ1) is 35.2. The van der Waals surface area contributed by atoms with Crippen LogP contribution in [-0.2, 0) is 16.0 Å². The molecule has 3 aliphatic heterocycles. The molecular weight excluding hydrogens is 607 g/mol. The fourth-order valence-corrected chi connectivity index (χ4v) is 6.83. The smallest absolute Gasteiger partial charge is 0.384 e. The highest BCUT2D eigenvalue weighted by molar-refractivity contribution is 5.95. The molecule has 5 rings (SSSR count). The zero-order valence-corrected chi connectivity index (χ0v) is 28.3. The lowest BCUT2D eigenvalue weighted by Crippen LogP contribution is -2.52. The molecule has 3 heterocycles. The summed E-state index contributed by atoms with van der Waals surface area (Å²) in [6, 6.07) is 6.93. The maximum atomic E-state index is 14.1. The maximum Gasteiger partial charge on any atom is 0.419 e.